The maximum Gasteiger partial charge on any atom is 0.225 e. The lowest BCUT2D eigenvalue weighted by molar-refractivity contribution is 0.599. The van der Waals surface area contributed by atoms with Crippen LogP contribution in [0.5, 0.6) is 0 Å². The highest BCUT2D eigenvalue weighted by Crippen LogP contribution is 2.33. The molecule has 0 fully saturated rings. The third-order valence-corrected chi connectivity index (χ3v) is 6.03. The number of pyridine rings is 1. The average molecular weight is 471 g/mol. The summed E-state index contributed by atoms with van der Waals surface area (Å²) in [5.74, 6) is 0.363. The number of nitrogens with one attached hydrogen (secondary N) is 2. The maximum atomic E-state index is 14.3. The molecule has 3 aromatic heterocycles. The molecule has 8 nitrogen and oxygen atoms in total. The number of aryl methyl sites for hydroxylation is 2. The second-order valence-corrected chi connectivity index (χ2v) is 8.58. The molecule has 0 spiro atoms. The molecule has 176 valence electrons. The van der Waals surface area contributed by atoms with Crippen LogP contribution < -0.4 is 10.7 Å². The van der Waals surface area contributed by atoms with Gasteiger partial charge in [0, 0.05) is 22.9 Å². The first-order chi connectivity index (χ1) is 16.8. The number of hydrogen-bond donors (Lipinski definition) is 2. The van der Waals surface area contributed by atoms with E-state index in [4.69, 9.17) is 4.42 Å². The summed E-state index contributed by atoms with van der Waals surface area (Å²) in [5, 5.41) is 18.0. The van der Waals surface area contributed by atoms with E-state index in [1.165, 1.54) is 6.07 Å². The quantitative estimate of drug-likeness (QED) is 0.360. The van der Waals surface area contributed by atoms with Gasteiger partial charge in [-0.3, -0.25) is 9.78 Å². The van der Waals surface area contributed by atoms with Crippen LogP contribution in [0.15, 0.2) is 57.9 Å². The van der Waals surface area contributed by atoms with Gasteiger partial charge in [-0.1, -0.05) is 18.2 Å². The van der Waals surface area contributed by atoms with E-state index in [0.717, 1.165) is 11.1 Å². The maximum absolute atomic E-state index is 14.3. The lowest BCUT2D eigenvalue weighted by atomic mass is 9.98. The van der Waals surface area contributed by atoms with Crippen LogP contribution >= 0.6 is 0 Å². The molecule has 0 amide bonds. The van der Waals surface area contributed by atoms with E-state index in [1.807, 2.05) is 32.0 Å². The molecule has 0 aliphatic carbocycles. The number of aromatic amines is 1. The Morgan fingerprint density at radius 3 is 2.69 bits per heavy atom. The van der Waals surface area contributed by atoms with E-state index in [0.29, 0.717) is 50.6 Å². The topological polar surface area (TPSA) is 110 Å². The Morgan fingerprint density at radius 1 is 1.11 bits per heavy atom. The van der Waals surface area contributed by atoms with Crippen LogP contribution in [0.1, 0.15) is 35.2 Å². The Hall–Kier alpha value is -4.40. The van der Waals surface area contributed by atoms with Gasteiger partial charge in [0.25, 0.3) is 0 Å². The summed E-state index contributed by atoms with van der Waals surface area (Å²) >= 11 is 0. The number of halogens is 1. The number of anilines is 1. The van der Waals surface area contributed by atoms with Crippen molar-refractivity contribution < 1.29 is 8.81 Å². The molecule has 1 atom stereocenters. The fourth-order valence-corrected chi connectivity index (χ4v) is 4.17. The first-order valence-corrected chi connectivity index (χ1v) is 11.1. The Bertz CT molecular complexity index is 1610. The summed E-state index contributed by atoms with van der Waals surface area (Å²) < 4.78 is 20.7. The van der Waals surface area contributed by atoms with Crippen LogP contribution in [0.3, 0.4) is 0 Å². The van der Waals surface area contributed by atoms with Crippen LogP contribution in [-0.4, -0.2) is 25.6 Å². The minimum Gasteiger partial charge on any atom is -0.455 e. The molecule has 2 aromatic carbocycles. The number of nitrogens with zero attached hydrogens (tertiary/aromatic N) is 4. The standard InChI is InChI=1S/C26H23FN6O2/c1-13-10-18(16(4)29-21-6-5-9-28-22(21)26-30-32-33-31-26)25-19(11-13)23(34)15(3)24(35-25)17-8-7-14(2)20(27)12-17/h5-12,16,29H,1-4H3,(H,30,31,32,33). The molecule has 0 saturated carbocycles. The second kappa shape index (κ2) is 8.75. The molecule has 0 radical (unpaired) electrons. The van der Waals surface area contributed by atoms with Crippen molar-refractivity contribution >= 4 is 16.7 Å². The highest BCUT2D eigenvalue weighted by atomic mass is 19.1. The number of rotatable bonds is 5. The zero-order valence-corrected chi connectivity index (χ0v) is 19.7. The largest absolute Gasteiger partial charge is 0.455 e. The lowest BCUT2D eigenvalue weighted by Crippen LogP contribution is -2.13. The number of H-pyrrole nitrogens is 1. The molecule has 0 bridgehead atoms. The minimum absolute atomic E-state index is 0.145. The van der Waals surface area contributed by atoms with Gasteiger partial charge in [0.15, 0.2) is 5.43 Å². The summed E-state index contributed by atoms with van der Waals surface area (Å²) in [5.41, 5.74) is 4.73. The number of aromatic nitrogens is 5. The van der Waals surface area contributed by atoms with Crippen molar-refractivity contribution in [1.82, 2.24) is 25.6 Å². The van der Waals surface area contributed by atoms with E-state index in [1.54, 1.807) is 38.2 Å². The van der Waals surface area contributed by atoms with Gasteiger partial charge >= 0.3 is 0 Å². The predicted octanol–water partition coefficient (Wildman–Crippen LogP) is 5.27. The molecule has 0 aliphatic rings. The molecule has 5 aromatic rings. The molecule has 5 rings (SSSR count). The summed E-state index contributed by atoms with van der Waals surface area (Å²) in [7, 11) is 0. The van der Waals surface area contributed by atoms with E-state index in [9.17, 15) is 9.18 Å². The van der Waals surface area contributed by atoms with Crippen molar-refractivity contribution in [3.05, 3.63) is 87.0 Å². The third-order valence-electron chi connectivity index (χ3n) is 6.03. The molecule has 9 heteroatoms. The van der Waals surface area contributed by atoms with Gasteiger partial charge in [0.05, 0.1) is 17.1 Å². The van der Waals surface area contributed by atoms with E-state index < -0.39 is 0 Å². The van der Waals surface area contributed by atoms with Gasteiger partial charge in [0.2, 0.25) is 5.82 Å². The van der Waals surface area contributed by atoms with Gasteiger partial charge in [-0.25, -0.2) is 4.39 Å². The molecule has 1 unspecified atom stereocenters. The SMILES string of the molecule is Cc1cc(C(C)Nc2cccnc2-c2nn[nH]n2)c2oc(-c3ccc(C)c(F)c3)c(C)c(=O)c2c1. The number of hydrogen-bond acceptors (Lipinski definition) is 7. The van der Waals surface area contributed by atoms with E-state index in [-0.39, 0.29) is 17.3 Å². The van der Waals surface area contributed by atoms with Crippen LogP contribution in [0.4, 0.5) is 10.1 Å². The Labute approximate surface area is 200 Å². The summed E-state index contributed by atoms with van der Waals surface area (Å²) in [6, 6.07) is 12.0. The Balaban J connectivity index is 1.65. The van der Waals surface area contributed by atoms with Crippen LogP contribution in [0.2, 0.25) is 0 Å². The van der Waals surface area contributed by atoms with E-state index >= 15 is 0 Å². The van der Waals surface area contributed by atoms with Gasteiger partial charge in [-0.05, 0) is 68.3 Å². The summed E-state index contributed by atoms with van der Waals surface area (Å²) in [4.78, 5) is 17.7. The van der Waals surface area contributed by atoms with Crippen LogP contribution in [0.25, 0.3) is 33.8 Å². The zero-order chi connectivity index (χ0) is 24.7. The van der Waals surface area contributed by atoms with Gasteiger partial charge < -0.3 is 9.73 Å². The molecule has 0 aliphatic heterocycles. The Morgan fingerprint density at radius 2 is 1.94 bits per heavy atom. The first-order valence-electron chi connectivity index (χ1n) is 11.1. The number of benzene rings is 2. The fourth-order valence-electron chi connectivity index (χ4n) is 4.17. The monoisotopic (exact) mass is 470 g/mol. The van der Waals surface area contributed by atoms with Crippen molar-refractivity contribution in [2.24, 2.45) is 0 Å². The normalized spacial score (nSPS) is 12.1. The minimum atomic E-state index is -0.352. The van der Waals surface area contributed by atoms with E-state index in [2.05, 4.69) is 30.9 Å². The number of tetrazole rings is 1. The summed E-state index contributed by atoms with van der Waals surface area (Å²) in [6.45, 7) is 7.29. The van der Waals surface area contributed by atoms with Crippen molar-refractivity contribution in [1.29, 1.82) is 0 Å². The molecule has 3 heterocycles. The molecule has 35 heavy (non-hydrogen) atoms. The smallest absolute Gasteiger partial charge is 0.225 e. The highest BCUT2D eigenvalue weighted by Gasteiger charge is 2.21. The van der Waals surface area contributed by atoms with Gasteiger partial charge in [-0.15, -0.1) is 10.2 Å². The first kappa shape index (κ1) is 22.4. The average Bonchev–Trinajstić information content (AvgIpc) is 3.38. The molecule has 2 N–H and O–H groups in total. The fraction of sp³-hybridized carbons (Fsp3) is 0.192. The van der Waals surface area contributed by atoms with Crippen LogP contribution in [-0.2, 0) is 0 Å². The summed E-state index contributed by atoms with van der Waals surface area (Å²) in [6.07, 6.45) is 1.65. The van der Waals surface area contributed by atoms with Crippen LogP contribution in [0, 0.1) is 26.6 Å². The lowest BCUT2D eigenvalue weighted by Gasteiger charge is -2.19. The second-order valence-electron chi connectivity index (χ2n) is 8.58. The molecular weight excluding hydrogens is 447 g/mol. The predicted molar refractivity (Wildman–Crippen MR) is 132 cm³/mol. The Kier molecular flexibility index (Phi) is 5.60. The van der Waals surface area contributed by atoms with Crippen molar-refractivity contribution in [3.63, 3.8) is 0 Å². The highest BCUT2D eigenvalue weighted by molar-refractivity contribution is 5.85. The molecule has 0 saturated heterocycles. The third kappa shape index (κ3) is 4.05. The molecular formula is C26H23FN6O2. The van der Waals surface area contributed by atoms with Crippen molar-refractivity contribution in [2.75, 3.05) is 5.32 Å². The number of fused-ring (bicyclic) bond motifs is 1. The van der Waals surface area contributed by atoms with Gasteiger partial charge in [0.1, 0.15) is 22.9 Å². The zero-order valence-electron chi connectivity index (χ0n) is 19.7. The van der Waals surface area contributed by atoms with Gasteiger partial charge in [-0.2, -0.15) is 5.21 Å². The van der Waals surface area contributed by atoms with Crippen molar-refractivity contribution in [2.45, 2.75) is 33.7 Å². The van der Waals surface area contributed by atoms with Crippen molar-refractivity contribution in [3.8, 4) is 22.8 Å².